The molecule has 1 aliphatic carbocycles. The molecule has 1 N–H and O–H groups in total. The number of methoxy groups -OCH3 is 1. The maximum absolute atomic E-state index is 5.30. The lowest BCUT2D eigenvalue weighted by atomic mass is 10.2. The van der Waals surface area contributed by atoms with Gasteiger partial charge in [0.05, 0.1) is 16.1 Å². The van der Waals surface area contributed by atoms with E-state index in [-0.39, 0.29) is 0 Å². The van der Waals surface area contributed by atoms with Crippen LogP contribution < -0.4 is 10.1 Å². The van der Waals surface area contributed by atoms with Gasteiger partial charge in [-0.05, 0) is 68.3 Å². The van der Waals surface area contributed by atoms with Crippen LogP contribution in [-0.4, -0.2) is 13.2 Å². The summed E-state index contributed by atoms with van der Waals surface area (Å²) >= 11 is 7.07. The van der Waals surface area contributed by atoms with Gasteiger partial charge in [0.15, 0.2) is 0 Å². The molecule has 1 aromatic carbocycles. The largest absolute Gasteiger partial charge is 0.494 e. The third-order valence-electron chi connectivity index (χ3n) is 3.41. The standard InChI is InChI=1S/C14H19Br2NO/c1-3-4-10-7-13(10)17-8-9-5-11(15)14(18-2)12(16)6-9/h5-6,10,13,17H,3-4,7-8H2,1-2H3. The molecule has 1 fully saturated rings. The Kier molecular flexibility index (Phi) is 5.10. The zero-order valence-corrected chi connectivity index (χ0v) is 14.0. The van der Waals surface area contributed by atoms with Gasteiger partial charge in [0, 0.05) is 12.6 Å². The van der Waals surface area contributed by atoms with E-state index in [1.54, 1.807) is 7.11 Å². The number of rotatable bonds is 6. The first-order chi connectivity index (χ1) is 8.65. The molecule has 1 saturated carbocycles. The number of hydrogen-bond donors (Lipinski definition) is 1. The summed E-state index contributed by atoms with van der Waals surface area (Å²) in [4.78, 5) is 0. The van der Waals surface area contributed by atoms with Gasteiger partial charge >= 0.3 is 0 Å². The van der Waals surface area contributed by atoms with Gasteiger partial charge < -0.3 is 10.1 Å². The maximum Gasteiger partial charge on any atom is 0.147 e. The first-order valence-corrected chi connectivity index (χ1v) is 7.99. The predicted octanol–water partition coefficient (Wildman–Crippen LogP) is 4.50. The molecular formula is C14H19Br2NO. The molecule has 2 rings (SSSR count). The molecule has 2 atom stereocenters. The van der Waals surface area contributed by atoms with Crippen LogP contribution in [0.2, 0.25) is 0 Å². The molecule has 2 nitrogen and oxygen atoms in total. The number of hydrogen-bond acceptors (Lipinski definition) is 2. The average Bonchev–Trinajstić information content (AvgIpc) is 3.05. The van der Waals surface area contributed by atoms with Crippen LogP contribution in [0, 0.1) is 5.92 Å². The van der Waals surface area contributed by atoms with Crippen molar-refractivity contribution in [2.75, 3.05) is 7.11 Å². The molecular weight excluding hydrogens is 358 g/mol. The van der Waals surface area contributed by atoms with E-state index in [1.807, 2.05) is 0 Å². The molecule has 0 bridgehead atoms. The van der Waals surface area contributed by atoms with Gasteiger partial charge in [-0.25, -0.2) is 0 Å². The predicted molar refractivity (Wildman–Crippen MR) is 82.0 cm³/mol. The van der Waals surface area contributed by atoms with E-state index in [0.717, 1.165) is 33.2 Å². The number of nitrogens with one attached hydrogen (secondary N) is 1. The Morgan fingerprint density at radius 1 is 1.33 bits per heavy atom. The van der Waals surface area contributed by atoms with Crippen LogP contribution in [0.25, 0.3) is 0 Å². The van der Waals surface area contributed by atoms with E-state index >= 15 is 0 Å². The van der Waals surface area contributed by atoms with E-state index in [4.69, 9.17) is 4.74 Å². The summed E-state index contributed by atoms with van der Waals surface area (Å²) in [5.41, 5.74) is 1.27. The third kappa shape index (κ3) is 3.49. The van der Waals surface area contributed by atoms with Gasteiger partial charge in [-0.2, -0.15) is 0 Å². The Labute approximate surface area is 126 Å². The fourth-order valence-corrected chi connectivity index (χ4v) is 3.95. The van der Waals surface area contributed by atoms with Gasteiger partial charge in [-0.3, -0.25) is 0 Å². The van der Waals surface area contributed by atoms with Crippen LogP contribution in [0.4, 0.5) is 0 Å². The topological polar surface area (TPSA) is 21.3 Å². The second-order valence-corrected chi connectivity index (χ2v) is 6.57. The molecule has 0 heterocycles. The van der Waals surface area contributed by atoms with E-state index in [9.17, 15) is 0 Å². The van der Waals surface area contributed by atoms with Crippen LogP contribution in [0.1, 0.15) is 31.7 Å². The lowest BCUT2D eigenvalue weighted by Crippen LogP contribution is -2.17. The van der Waals surface area contributed by atoms with Crippen molar-refractivity contribution in [1.29, 1.82) is 0 Å². The Balaban J connectivity index is 1.91. The van der Waals surface area contributed by atoms with E-state index < -0.39 is 0 Å². The monoisotopic (exact) mass is 375 g/mol. The summed E-state index contributed by atoms with van der Waals surface area (Å²) in [5.74, 6) is 1.76. The molecule has 0 saturated heterocycles. The molecule has 0 spiro atoms. The number of halogens is 2. The number of benzene rings is 1. The first kappa shape index (κ1) is 14.4. The smallest absolute Gasteiger partial charge is 0.147 e. The summed E-state index contributed by atoms with van der Waals surface area (Å²) in [6.45, 7) is 3.18. The van der Waals surface area contributed by atoms with Crippen molar-refractivity contribution in [3.05, 3.63) is 26.6 Å². The summed E-state index contributed by atoms with van der Waals surface area (Å²) in [6, 6.07) is 4.96. The van der Waals surface area contributed by atoms with Crippen molar-refractivity contribution in [2.24, 2.45) is 5.92 Å². The molecule has 18 heavy (non-hydrogen) atoms. The first-order valence-electron chi connectivity index (χ1n) is 6.41. The quantitative estimate of drug-likeness (QED) is 0.789. The van der Waals surface area contributed by atoms with Crippen molar-refractivity contribution in [3.8, 4) is 5.75 Å². The molecule has 0 radical (unpaired) electrons. The SMILES string of the molecule is CCCC1CC1NCc1cc(Br)c(OC)c(Br)c1. The Morgan fingerprint density at radius 3 is 2.56 bits per heavy atom. The van der Waals surface area contributed by atoms with Crippen molar-refractivity contribution < 1.29 is 4.74 Å². The third-order valence-corrected chi connectivity index (χ3v) is 4.59. The van der Waals surface area contributed by atoms with Gasteiger partial charge in [-0.15, -0.1) is 0 Å². The van der Waals surface area contributed by atoms with Crippen molar-refractivity contribution in [3.63, 3.8) is 0 Å². The van der Waals surface area contributed by atoms with Crippen molar-refractivity contribution >= 4 is 31.9 Å². The Hall–Kier alpha value is -0.0600. The van der Waals surface area contributed by atoms with Crippen LogP contribution in [-0.2, 0) is 6.54 Å². The highest BCUT2D eigenvalue weighted by Gasteiger charge is 2.35. The minimum absolute atomic E-state index is 0.726. The van der Waals surface area contributed by atoms with Crippen LogP contribution >= 0.6 is 31.9 Å². The highest BCUT2D eigenvalue weighted by Crippen LogP contribution is 2.36. The molecule has 4 heteroatoms. The fourth-order valence-electron chi connectivity index (χ4n) is 2.35. The Bertz CT molecular complexity index is 399. The highest BCUT2D eigenvalue weighted by molar-refractivity contribution is 9.11. The molecule has 0 amide bonds. The second kappa shape index (κ2) is 6.40. The van der Waals surface area contributed by atoms with Crippen molar-refractivity contribution in [1.82, 2.24) is 5.32 Å². The normalized spacial score (nSPS) is 22.0. The molecule has 0 aliphatic heterocycles. The minimum atomic E-state index is 0.726. The van der Waals surface area contributed by atoms with E-state index in [2.05, 4.69) is 56.2 Å². The molecule has 1 aliphatic rings. The zero-order valence-electron chi connectivity index (χ0n) is 10.8. The van der Waals surface area contributed by atoms with Crippen LogP contribution in [0.3, 0.4) is 0 Å². The molecule has 2 unspecified atom stereocenters. The van der Waals surface area contributed by atoms with E-state index in [0.29, 0.717) is 0 Å². The maximum atomic E-state index is 5.30. The second-order valence-electron chi connectivity index (χ2n) is 4.86. The van der Waals surface area contributed by atoms with Gasteiger partial charge in [0.2, 0.25) is 0 Å². The summed E-state index contributed by atoms with van der Waals surface area (Å²) < 4.78 is 7.30. The van der Waals surface area contributed by atoms with Crippen LogP contribution in [0.15, 0.2) is 21.1 Å². The van der Waals surface area contributed by atoms with Gasteiger partial charge in [-0.1, -0.05) is 13.3 Å². The van der Waals surface area contributed by atoms with Crippen LogP contribution in [0.5, 0.6) is 5.75 Å². The van der Waals surface area contributed by atoms with E-state index in [1.165, 1.54) is 24.8 Å². The Morgan fingerprint density at radius 2 is 2.00 bits per heavy atom. The van der Waals surface area contributed by atoms with Gasteiger partial charge in [0.1, 0.15) is 5.75 Å². The van der Waals surface area contributed by atoms with Crippen molar-refractivity contribution in [2.45, 2.75) is 38.8 Å². The molecule has 0 aromatic heterocycles. The zero-order chi connectivity index (χ0) is 13.1. The average molecular weight is 377 g/mol. The van der Waals surface area contributed by atoms with Gasteiger partial charge in [0.25, 0.3) is 0 Å². The number of ether oxygens (including phenoxy) is 1. The summed E-state index contributed by atoms with van der Waals surface area (Å²) in [7, 11) is 1.68. The summed E-state index contributed by atoms with van der Waals surface area (Å²) in [5, 5.41) is 3.62. The molecule has 100 valence electrons. The highest BCUT2D eigenvalue weighted by atomic mass is 79.9. The lowest BCUT2D eigenvalue weighted by molar-refractivity contribution is 0.409. The summed E-state index contributed by atoms with van der Waals surface area (Å²) in [6.07, 6.45) is 3.99. The lowest BCUT2D eigenvalue weighted by Gasteiger charge is -2.10. The fraction of sp³-hybridized carbons (Fsp3) is 0.571. The minimum Gasteiger partial charge on any atom is -0.494 e. The molecule has 1 aromatic rings.